The quantitative estimate of drug-likeness (QED) is 0.662. The Morgan fingerprint density at radius 3 is 2.21 bits per heavy atom. The van der Waals surface area contributed by atoms with E-state index < -0.39 is 12.1 Å². The van der Waals surface area contributed by atoms with Crippen LogP contribution in [0.3, 0.4) is 0 Å². The summed E-state index contributed by atoms with van der Waals surface area (Å²) >= 11 is 0. The van der Waals surface area contributed by atoms with Gasteiger partial charge in [0.1, 0.15) is 12.6 Å². The third-order valence-electron chi connectivity index (χ3n) is 4.03. The number of carbonyl (C=O) groups excluding carboxylic acids is 2. The highest BCUT2D eigenvalue weighted by Gasteiger charge is 2.22. The Bertz CT molecular complexity index is 887. The normalized spacial score (nSPS) is 11.3. The molecule has 2 N–H and O–H groups in total. The molecule has 2 amide bonds. The predicted molar refractivity (Wildman–Crippen MR) is 107 cm³/mol. The van der Waals surface area contributed by atoms with Gasteiger partial charge in [-0.1, -0.05) is 60.7 Å². The summed E-state index contributed by atoms with van der Waals surface area (Å²) in [6, 6.07) is 21.5. The van der Waals surface area contributed by atoms with E-state index in [-0.39, 0.29) is 12.5 Å². The maximum Gasteiger partial charge on any atom is 0.408 e. The Hall–Kier alpha value is -3.67. The number of nitrogens with zero attached hydrogens (tertiary/aromatic N) is 1. The summed E-state index contributed by atoms with van der Waals surface area (Å²) in [5.41, 5.74) is 2.36. The van der Waals surface area contributed by atoms with Gasteiger partial charge in [0.05, 0.1) is 11.9 Å². The van der Waals surface area contributed by atoms with Crippen molar-refractivity contribution in [2.45, 2.75) is 19.1 Å². The van der Waals surface area contributed by atoms with E-state index in [9.17, 15) is 9.59 Å². The largest absolute Gasteiger partial charge is 0.445 e. The molecule has 28 heavy (non-hydrogen) atoms. The van der Waals surface area contributed by atoms with Crippen LogP contribution in [0.25, 0.3) is 0 Å². The van der Waals surface area contributed by atoms with Crippen LogP contribution in [0.1, 0.15) is 11.1 Å². The molecule has 6 nitrogen and oxygen atoms in total. The first-order valence-corrected chi connectivity index (χ1v) is 8.93. The number of pyridine rings is 1. The number of hydrogen-bond acceptors (Lipinski definition) is 4. The summed E-state index contributed by atoms with van der Waals surface area (Å²) in [4.78, 5) is 28.9. The molecule has 0 radical (unpaired) electrons. The molecule has 1 heterocycles. The first-order valence-electron chi connectivity index (χ1n) is 8.93. The second-order valence-corrected chi connectivity index (χ2v) is 6.18. The minimum atomic E-state index is -0.786. The summed E-state index contributed by atoms with van der Waals surface area (Å²) in [7, 11) is 0. The fourth-order valence-corrected chi connectivity index (χ4v) is 2.63. The first kappa shape index (κ1) is 19.1. The lowest BCUT2D eigenvalue weighted by molar-refractivity contribution is -0.118. The fourth-order valence-electron chi connectivity index (χ4n) is 2.63. The molecule has 1 atom stereocenters. The standard InChI is InChI=1S/C22H21N3O3/c26-21(24-19-12-7-13-23-15-19)20(14-17-8-3-1-4-9-17)25-22(27)28-16-18-10-5-2-6-11-18/h1-13,15,20H,14,16H2,(H,24,26)(H,25,27)/t20-/m1/s1. The number of rotatable bonds is 7. The average molecular weight is 375 g/mol. The van der Waals surface area contributed by atoms with Crippen molar-refractivity contribution in [3.8, 4) is 0 Å². The minimum absolute atomic E-state index is 0.134. The molecule has 0 aliphatic rings. The van der Waals surface area contributed by atoms with Crippen molar-refractivity contribution in [3.05, 3.63) is 96.3 Å². The van der Waals surface area contributed by atoms with Crippen molar-refractivity contribution >= 4 is 17.7 Å². The van der Waals surface area contributed by atoms with Gasteiger partial charge in [0.25, 0.3) is 0 Å². The Kier molecular flexibility index (Phi) is 6.73. The van der Waals surface area contributed by atoms with E-state index in [4.69, 9.17) is 4.74 Å². The lowest BCUT2D eigenvalue weighted by atomic mass is 10.1. The van der Waals surface area contributed by atoms with Crippen LogP contribution in [0.4, 0.5) is 10.5 Å². The maximum atomic E-state index is 12.7. The highest BCUT2D eigenvalue weighted by atomic mass is 16.5. The molecule has 0 bridgehead atoms. The smallest absolute Gasteiger partial charge is 0.408 e. The third kappa shape index (κ3) is 5.95. The van der Waals surface area contributed by atoms with Gasteiger partial charge in [-0.2, -0.15) is 0 Å². The van der Waals surface area contributed by atoms with E-state index in [0.29, 0.717) is 12.1 Å². The van der Waals surface area contributed by atoms with E-state index in [0.717, 1.165) is 11.1 Å². The second-order valence-electron chi connectivity index (χ2n) is 6.18. The van der Waals surface area contributed by atoms with Crippen LogP contribution in [0.15, 0.2) is 85.2 Å². The fraction of sp³-hybridized carbons (Fsp3) is 0.136. The van der Waals surface area contributed by atoms with Crippen LogP contribution in [0.5, 0.6) is 0 Å². The van der Waals surface area contributed by atoms with Crippen LogP contribution in [0.2, 0.25) is 0 Å². The highest BCUT2D eigenvalue weighted by Crippen LogP contribution is 2.09. The average Bonchev–Trinajstić information content (AvgIpc) is 2.74. The van der Waals surface area contributed by atoms with Crippen molar-refractivity contribution in [3.63, 3.8) is 0 Å². The molecule has 0 unspecified atom stereocenters. The number of benzene rings is 2. The van der Waals surface area contributed by atoms with E-state index >= 15 is 0 Å². The second kappa shape index (κ2) is 9.87. The molecule has 0 aliphatic carbocycles. The van der Waals surface area contributed by atoms with E-state index in [1.807, 2.05) is 60.7 Å². The molecule has 0 saturated heterocycles. The molecule has 0 fully saturated rings. The molecule has 142 valence electrons. The van der Waals surface area contributed by atoms with Gasteiger partial charge >= 0.3 is 6.09 Å². The van der Waals surface area contributed by atoms with Crippen LogP contribution in [-0.4, -0.2) is 23.0 Å². The molecular weight excluding hydrogens is 354 g/mol. The zero-order valence-corrected chi connectivity index (χ0v) is 15.2. The van der Waals surface area contributed by atoms with Gasteiger partial charge in [-0.25, -0.2) is 4.79 Å². The number of hydrogen-bond donors (Lipinski definition) is 2. The van der Waals surface area contributed by atoms with Crippen molar-refractivity contribution in [1.82, 2.24) is 10.3 Å². The summed E-state index contributed by atoms with van der Waals surface area (Å²) in [6.07, 6.45) is 2.86. The Balaban J connectivity index is 1.64. The van der Waals surface area contributed by atoms with Crippen LogP contribution < -0.4 is 10.6 Å². The molecule has 6 heteroatoms. The van der Waals surface area contributed by atoms with Crippen molar-refractivity contribution < 1.29 is 14.3 Å². The van der Waals surface area contributed by atoms with Gasteiger partial charge in [0.2, 0.25) is 5.91 Å². The van der Waals surface area contributed by atoms with Crippen molar-refractivity contribution in [1.29, 1.82) is 0 Å². The molecule has 3 rings (SSSR count). The first-order chi connectivity index (χ1) is 13.7. The van der Waals surface area contributed by atoms with Gasteiger partial charge in [0.15, 0.2) is 0 Å². The summed E-state index contributed by atoms with van der Waals surface area (Å²) in [5.74, 6) is -0.339. The van der Waals surface area contributed by atoms with E-state index in [1.54, 1.807) is 24.5 Å². The van der Waals surface area contributed by atoms with Crippen molar-refractivity contribution in [2.75, 3.05) is 5.32 Å². The predicted octanol–water partition coefficient (Wildman–Crippen LogP) is 3.56. The summed E-state index contributed by atoms with van der Waals surface area (Å²) < 4.78 is 5.25. The zero-order valence-electron chi connectivity index (χ0n) is 15.2. The zero-order chi connectivity index (χ0) is 19.6. The highest BCUT2D eigenvalue weighted by molar-refractivity contribution is 5.96. The number of carbonyl (C=O) groups is 2. The molecule has 2 aromatic carbocycles. The maximum absolute atomic E-state index is 12.7. The number of nitrogens with one attached hydrogen (secondary N) is 2. The van der Waals surface area contributed by atoms with Crippen LogP contribution in [-0.2, 0) is 22.6 Å². The number of amides is 2. The van der Waals surface area contributed by atoms with Gasteiger partial charge in [0, 0.05) is 12.6 Å². The lowest BCUT2D eigenvalue weighted by Gasteiger charge is -2.18. The molecule has 0 saturated carbocycles. The number of alkyl carbamates (subject to hydrolysis) is 1. The van der Waals surface area contributed by atoms with E-state index in [1.165, 1.54) is 0 Å². The molecule has 0 spiro atoms. The topological polar surface area (TPSA) is 80.3 Å². The number of anilines is 1. The third-order valence-corrected chi connectivity index (χ3v) is 4.03. The van der Waals surface area contributed by atoms with Gasteiger partial charge in [-0.3, -0.25) is 9.78 Å². The van der Waals surface area contributed by atoms with Gasteiger partial charge in [-0.15, -0.1) is 0 Å². The van der Waals surface area contributed by atoms with Gasteiger partial charge in [-0.05, 0) is 23.3 Å². The summed E-state index contributed by atoms with van der Waals surface area (Å²) in [6.45, 7) is 0.134. The molecule has 0 aliphatic heterocycles. The van der Waals surface area contributed by atoms with Crippen LogP contribution >= 0.6 is 0 Å². The van der Waals surface area contributed by atoms with E-state index in [2.05, 4.69) is 15.6 Å². The molecular formula is C22H21N3O3. The number of ether oxygens (including phenoxy) is 1. The monoisotopic (exact) mass is 375 g/mol. The van der Waals surface area contributed by atoms with Gasteiger partial charge < -0.3 is 15.4 Å². The Morgan fingerprint density at radius 2 is 1.57 bits per heavy atom. The SMILES string of the molecule is O=C(N[C@H](Cc1ccccc1)C(=O)Nc1cccnc1)OCc1ccccc1. The molecule has 1 aromatic heterocycles. The molecule has 3 aromatic rings. The lowest BCUT2D eigenvalue weighted by Crippen LogP contribution is -2.45. The Labute approximate surface area is 163 Å². The van der Waals surface area contributed by atoms with Crippen LogP contribution in [0, 0.1) is 0 Å². The number of aromatic nitrogens is 1. The Morgan fingerprint density at radius 1 is 0.893 bits per heavy atom. The van der Waals surface area contributed by atoms with Crippen molar-refractivity contribution in [2.24, 2.45) is 0 Å². The summed E-state index contributed by atoms with van der Waals surface area (Å²) in [5, 5.41) is 5.43. The minimum Gasteiger partial charge on any atom is -0.445 e.